The number of nitrogens with one attached hydrogen (secondary N) is 1. The molecule has 0 unspecified atom stereocenters. The predicted octanol–water partition coefficient (Wildman–Crippen LogP) is 6.25. The van der Waals surface area contributed by atoms with Crippen LogP contribution in [0.15, 0.2) is 82.0 Å². The van der Waals surface area contributed by atoms with Gasteiger partial charge in [0, 0.05) is 5.02 Å². The zero-order chi connectivity index (χ0) is 24.4. The second-order valence-corrected chi connectivity index (χ2v) is 8.17. The third-order valence-corrected chi connectivity index (χ3v) is 5.51. The summed E-state index contributed by atoms with van der Waals surface area (Å²) in [5.74, 6) is -0.239. The van der Waals surface area contributed by atoms with E-state index in [1.165, 1.54) is 18.4 Å². The van der Waals surface area contributed by atoms with Crippen molar-refractivity contribution in [2.45, 2.75) is 0 Å². The molecule has 2 aromatic carbocycles. The average molecular weight is 508 g/mol. The molecule has 0 aliphatic heterocycles. The lowest BCUT2D eigenvalue weighted by atomic mass is 10.1. The summed E-state index contributed by atoms with van der Waals surface area (Å²) in [6.45, 7) is -0.513. The first kappa shape index (κ1) is 22.6. The minimum atomic E-state index is -0.698. The minimum Gasteiger partial charge on any atom is -0.463 e. The van der Waals surface area contributed by atoms with Crippen molar-refractivity contribution in [1.82, 2.24) is 9.97 Å². The number of rotatable bonds is 6. The molecule has 5 aromatic rings. The van der Waals surface area contributed by atoms with Crippen LogP contribution in [0.3, 0.4) is 0 Å². The number of furan rings is 2. The van der Waals surface area contributed by atoms with Gasteiger partial charge in [-0.25, -0.2) is 14.8 Å². The monoisotopic (exact) mass is 507 g/mol. The molecule has 1 amide bonds. The van der Waals surface area contributed by atoms with Crippen LogP contribution in [0.4, 0.5) is 5.69 Å². The van der Waals surface area contributed by atoms with E-state index in [4.69, 9.17) is 36.8 Å². The Hall–Kier alpha value is -4.14. The van der Waals surface area contributed by atoms with Gasteiger partial charge in [-0.1, -0.05) is 23.2 Å². The van der Waals surface area contributed by atoms with Gasteiger partial charge in [-0.2, -0.15) is 0 Å². The smallest absolute Gasteiger partial charge is 0.338 e. The molecule has 8 nitrogen and oxygen atoms in total. The minimum absolute atomic E-state index is 0.205. The van der Waals surface area contributed by atoms with Crippen LogP contribution in [0, 0.1) is 0 Å². The second-order valence-electron chi connectivity index (χ2n) is 7.33. The van der Waals surface area contributed by atoms with E-state index in [1.54, 1.807) is 54.8 Å². The molecule has 0 spiro atoms. The average Bonchev–Trinajstić information content (AvgIpc) is 3.58. The Morgan fingerprint density at radius 1 is 0.857 bits per heavy atom. The first-order valence-corrected chi connectivity index (χ1v) is 11.0. The number of anilines is 1. The highest BCUT2D eigenvalue weighted by atomic mass is 35.5. The third-order valence-electron chi connectivity index (χ3n) is 4.95. The van der Waals surface area contributed by atoms with Crippen LogP contribution in [0.1, 0.15) is 10.4 Å². The maximum absolute atomic E-state index is 12.6. The molecule has 10 heteroatoms. The first-order valence-electron chi connectivity index (χ1n) is 10.3. The predicted molar refractivity (Wildman–Crippen MR) is 130 cm³/mol. The molecular weight excluding hydrogens is 493 g/mol. The summed E-state index contributed by atoms with van der Waals surface area (Å²) in [5, 5.41) is 3.27. The maximum Gasteiger partial charge on any atom is 0.338 e. The zero-order valence-electron chi connectivity index (χ0n) is 17.8. The molecule has 0 saturated carbocycles. The number of ether oxygens (including phenoxy) is 1. The number of amides is 1. The van der Waals surface area contributed by atoms with E-state index < -0.39 is 18.5 Å². The summed E-state index contributed by atoms with van der Waals surface area (Å²) in [5.41, 5.74) is 2.47. The number of carbonyl (C=O) groups is 2. The number of benzene rings is 2. The molecule has 5 rings (SSSR count). The van der Waals surface area contributed by atoms with E-state index in [9.17, 15) is 9.59 Å². The fourth-order valence-corrected chi connectivity index (χ4v) is 3.68. The van der Waals surface area contributed by atoms with Gasteiger partial charge in [0.1, 0.15) is 11.4 Å². The largest absolute Gasteiger partial charge is 0.463 e. The van der Waals surface area contributed by atoms with Gasteiger partial charge in [0.05, 0.1) is 39.8 Å². The van der Waals surface area contributed by atoms with E-state index in [0.29, 0.717) is 49.7 Å². The molecule has 35 heavy (non-hydrogen) atoms. The Morgan fingerprint density at radius 2 is 1.54 bits per heavy atom. The standard InChI is InChI=1S/C25H15Cl2N3O5/c26-15-6-7-16(27)18(12-15)28-22(31)13-35-25(32)14-5-8-17-19(11-14)30-24(21-4-2-10-34-21)23(29-17)20-3-1-9-33-20/h1-12H,13H2,(H,28,31). The summed E-state index contributed by atoms with van der Waals surface area (Å²) in [7, 11) is 0. The molecular formula is C25H15Cl2N3O5. The molecule has 0 aliphatic carbocycles. The van der Waals surface area contributed by atoms with Crippen molar-refractivity contribution in [2.24, 2.45) is 0 Å². The van der Waals surface area contributed by atoms with E-state index in [0.717, 1.165) is 0 Å². The van der Waals surface area contributed by atoms with Gasteiger partial charge in [0.25, 0.3) is 5.91 Å². The Labute approximate surface area is 208 Å². The van der Waals surface area contributed by atoms with Crippen molar-refractivity contribution in [3.63, 3.8) is 0 Å². The van der Waals surface area contributed by atoms with Gasteiger partial charge < -0.3 is 18.9 Å². The van der Waals surface area contributed by atoms with Gasteiger partial charge in [0.2, 0.25) is 0 Å². The zero-order valence-corrected chi connectivity index (χ0v) is 19.3. The van der Waals surface area contributed by atoms with Crippen LogP contribution in [-0.2, 0) is 9.53 Å². The summed E-state index contributed by atoms with van der Waals surface area (Å²) < 4.78 is 16.2. The lowest BCUT2D eigenvalue weighted by molar-refractivity contribution is -0.119. The van der Waals surface area contributed by atoms with Crippen LogP contribution < -0.4 is 5.32 Å². The highest BCUT2D eigenvalue weighted by Crippen LogP contribution is 2.32. The molecule has 174 valence electrons. The van der Waals surface area contributed by atoms with Gasteiger partial charge in [-0.3, -0.25) is 4.79 Å². The Morgan fingerprint density at radius 3 is 2.20 bits per heavy atom. The summed E-state index contributed by atoms with van der Waals surface area (Å²) in [4.78, 5) is 34.1. The fourth-order valence-electron chi connectivity index (χ4n) is 3.35. The van der Waals surface area contributed by atoms with Crippen molar-refractivity contribution in [3.8, 4) is 22.9 Å². The summed E-state index contributed by atoms with van der Waals surface area (Å²) in [6, 6.07) is 16.4. The molecule has 0 fully saturated rings. The maximum atomic E-state index is 12.6. The number of nitrogens with zero attached hydrogens (tertiary/aromatic N) is 2. The van der Waals surface area contributed by atoms with Crippen LogP contribution in [0.2, 0.25) is 10.0 Å². The lowest BCUT2D eigenvalue weighted by Gasteiger charge is -2.09. The molecule has 0 aliphatic rings. The number of aromatic nitrogens is 2. The van der Waals surface area contributed by atoms with E-state index >= 15 is 0 Å². The molecule has 0 bridgehead atoms. The fraction of sp³-hybridized carbons (Fsp3) is 0.0400. The first-order chi connectivity index (χ1) is 17.0. The van der Waals surface area contributed by atoms with Gasteiger partial charge in [-0.15, -0.1) is 0 Å². The summed E-state index contributed by atoms with van der Waals surface area (Å²) in [6.07, 6.45) is 3.07. The number of fused-ring (bicyclic) bond motifs is 1. The normalized spacial score (nSPS) is 10.9. The van der Waals surface area contributed by atoms with Crippen LogP contribution >= 0.6 is 23.2 Å². The van der Waals surface area contributed by atoms with Gasteiger partial charge in [-0.05, 0) is 60.7 Å². The quantitative estimate of drug-likeness (QED) is 0.270. The summed E-state index contributed by atoms with van der Waals surface area (Å²) >= 11 is 12.0. The van der Waals surface area contributed by atoms with Crippen LogP contribution in [0.5, 0.6) is 0 Å². The van der Waals surface area contributed by atoms with E-state index in [-0.39, 0.29) is 5.56 Å². The molecule has 1 N–H and O–H groups in total. The third kappa shape index (κ3) is 4.89. The number of halogens is 2. The molecule has 0 atom stereocenters. The van der Waals surface area contributed by atoms with Crippen molar-refractivity contribution in [3.05, 3.63) is 88.8 Å². The van der Waals surface area contributed by atoms with Gasteiger partial charge >= 0.3 is 5.97 Å². The van der Waals surface area contributed by atoms with Crippen molar-refractivity contribution >= 4 is 51.8 Å². The number of carbonyl (C=O) groups excluding carboxylic acids is 2. The van der Waals surface area contributed by atoms with Crippen molar-refractivity contribution in [1.29, 1.82) is 0 Å². The topological polar surface area (TPSA) is 107 Å². The molecule has 3 aromatic heterocycles. The Balaban J connectivity index is 1.37. The second kappa shape index (κ2) is 9.61. The molecule has 3 heterocycles. The van der Waals surface area contributed by atoms with Crippen molar-refractivity contribution < 1.29 is 23.2 Å². The molecule has 0 saturated heterocycles. The lowest BCUT2D eigenvalue weighted by Crippen LogP contribution is -2.21. The Bertz CT molecular complexity index is 1530. The SMILES string of the molecule is O=C(COC(=O)c1ccc2nc(-c3ccco3)c(-c3ccco3)nc2c1)Nc1cc(Cl)ccc1Cl. The highest BCUT2D eigenvalue weighted by molar-refractivity contribution is 6.35. The number of hydrogen-bond acceptors (Lipinski definition) is 7. The van der Waals surface area contributed by atoms with Gasteiger partial charge in [0.15, 0.2) is 18.1 Å². The van der Waals surface area contributed by atoms with E-state index in [2.05, 4.69) is 15.3 Å². The van der Waals surface area contributed by atoms with Crippen LogP contribution in [0.25, 0.3) is 33.9 Å². The molecule has 0 radical (unpaired) electrons. The number of hydrogen-bond donors (Lipinski definition) is 1. The van der Waals surface area contributed by atoms with Crippen LogP contribution in [-0.4, -0.2) is 28.5 Å². The van der Waals surface area contributed by atoms with Crippen molar-refractivity contribution in [2.75, 3.05) is 11.9 Å². The van der Waals surface area contributed by atoms with E-state index in [1.807, 2.05) is 0 Å². The Kier molecular flexibility index (Phi) is 6.22. The number of esters is 1. The highest BCUT2D eigenvalue weighted by Gasteiger charge is 2.19.